The topological polar surface area (TPSA) is 26.0 Å². The Labute approximate surface area is 53.1 Å². The summed E-state index contributed by atoms with van der Waals surface area (Å²) in [5.41, 5.74) is 0.833. The first-order valence-electron chi connectivity index (χ1n) is 1.67. The second-order valence-corrected chi connectivity index (χ2v) is 3.31. The molecule has 1 atom stereocenters. The molecule has 1 heterocycles. The van der Waals surface area contributed by atoms with E-state index in [4.69, 9.17) is 4.42 Å². The Bertz CT molecular complexity index is 129. The van der Waals surface area contributed by atoms with Crippen molar-refractivity contribution in [3.63, 3.8) is 0 Å². The molecule has 0 radical (unpaired) electrons. The second kappa shape index (κ2) is 2.56. The van der Waals surface area contributed by atoms with E-state index in [1.54, 1.807) is 12.5 Å². The summed E-state index contributed by atoms with van der Waals surface area (Å²) in [7, 11) is 0. The Kier molecular flexibility index (Phi) is 1.99. The van der Waals surface area contributed by atoms with Gasteiger partial charge in [0.2, 0.25) is 0 Å². The first-order valence-corrected chi connectivity index (χ1v) is 6.10. The Morgan fingerprint density at radius 3 is 3.00 bits per heavy atom. The summed E-state index contributed by atoms with van der Waals surface area (Å²) in [6, 6.07) is 0. The molecule has 2 nitrogen and oxygen atoms in total. The molecule has 0 amide bonds. The number of oxazole rings is 1. The van der Waals surface area contributed by atoms with Crippen molar-refractivity contribution in [2.24, 2.45) is 0 Å². The van der Waals surface area contributed by atoms with Gasteiger partial charge < -0.3 is 0 Å². The first kappa shape index (κ1) is 5.43. The summed E-state index contributed by atoms with van der Waals surface area (Å²) in [4.78, 5) is 3.88. The maximum atomic E-state index is 4.88. The minimum absolute atomic E-state index is 0.677. The van der Waals surface area contributed by atoms with Crippen molar-refractivity contribution >= 4 is 12.4 Å². The minimum atomic E-state index is 0.677. The van der Waals surface area contributed by atoms with Crippen molar-refractivity contribution < 1.29 is 22.8 Å². The number of aromatic nitrogens is 1. The molecule has 1 rings (SSSR count). The molecule has 1 unspecified atom stereocenters. The summed E-state index contributed by atoms with van der Waals surface area (Å²) in [6.07, 6.45) is 3.25. The first-order chi connectivity index (χ1) is 3.43. The zero-order chi connectivity index (χ0) is 5.11. The molecule has 0 aliphatic carbocycles. The molecule has 0 aliphatic heterocycles. The molecule has 0 saturated heterocycles. The average molecular weight is 292 g/mol. The fraction of sp³-hybridized carbons (Fsp3) is 0. The van der Waals surface area contributed by atoms with Crippen LogP contribution >= 0.6 is 6.82 Å². The van der Waals surface area contributed by atoms with E-state index in [1.807, 2.05) is 18.4 Å². The molecular formula is C3H3IrNOP. The summed E-state index contributed by atoms with van der Waals surface area (Å²) in [6.45, 7) is 0.677. The summed E-state index contributed by atoms with van der Waals surface area (Å²) >= 11 is 2.03. The molecule has 0 aromatic carbocycles. The molecule has 4 heteroatoms. The van der Waals surface area contributed by atoms with Crippen molar-refractivity contribution in [3.8, 4) is 0 Å². The Balaban J connectivity index is 2.76. The van der Waals surface area contributed by atoms with E-state index in [1.165, 1.54) is 0 Å². The SMILES string of the molecule is [Ir][PH]c1ncco1. The van der Waals surface area contributed by atoms with Crippen molar-refractivity contribution in [3.05, 3.63) is 12.5 Å². The second-order valence-electron chi connectivity index (χ2n) is 0.921. The van der Waals surface area contributed by atoms with Crippen LogP contribution in [-0.2, 0) is 18.4 Å². The fourth-order valence-corrected chi connectivity index (χ4v) is 1.38. The summed E-state index contributed by atoms with van der Waals surface area (Å²) in [5, 5.41) is 0. The molecule has 0 bridgehead atoms. The van der Waals surface area contributed by atoms with Gasteiger partial charge in [-0.2, -0.15) is 0 Å². The van der Waals surface area contributed by atoms with E-state index in [-0.39, 0.29) is 0 Å². The van der Waals surface area contributed by atoms with Crippen LogP contribution in [0, 0.1) is 0 Å². The van der Waals surface area contributed by atoms with Crippen LogP contribution in [0.5, 0.6) is 0 Å². The fourth-order valence-electron chi connectivity index (χ4n) is 0.265. The van der Waals surface area contributed by atoms with Crippen LogP contribution < -0.4 is 5.63 Å². The number of hydrogen-bond donors (Lipinski definition) is 0. The Morgan fingerprint density at radius 2 is 2.71 bits per heavy atom. The third kappa shape index (κ3) is 1.34. The quantitative estimate of drug-likeness (QED) is 0.702. The van der Waals surface area contributed by atoms with Gasteiger partial charge in [-0.15, -0.1) is 0 Å². The zero-order valence-electron chi connectivity index (χ0n) is 3.34. The van der Waals surface area contributed by atoms with Crippen LogP contribution in [0.2, 0.25) is 0 Å². The van der Waals surface area contributed by atoms with Gasteiger partial charge >= 0.3 is 52.7 Å². The third-order valence-electron chi connectivity index (χ3n) is 0.504. The van der Waals surface area contributed by atoms with Crippen LogP contribution in [0.15, 0.2) is 16.9 Å². The molecule has 40 valence electrons. The van der Waals surface area contributed by atoms with Crippen molar-refractivity contribution in [2.45, 2.75) is 0 Å². The van der Waals surface area contributed by atoms with Crippen molar-refractivity contribution in [2.75, 3.05) is 0 Å². The average Bonchev–Trinajstić information content (AvgIpc) is 2.14. The van der Waals surface area contributed by atoms with Crippen molar-refractivity contribution in [1.29, 1.82) is 0 Å². The van der Waals surface area contributed by atoms with E-state index >= 15 is 0 Å². The monoisotopic (exact) mass is 293 g/mol. The number of rotatable bonds is 1. The zero-order valence-corrected chi connectivity index (χ0v) is 6.74. The van der Waals surface area contributed by atoms with E-state index in [0.29, 0.717) is 6.82 Å². The predicted molar refractivity (Wildman–Crippen MR) is 24.5 cm³/mol. The molecule has 1 aromatic rings. The van der Waals surface area contributed by atoms with Crippen LogP contribution in [-0.4, -0.2) is 4.98 Å². The summed E-state index contributed by atoms with van der Waals surface area (Å²) < 4.78 is 4.88. The molecule has 0 spiro atoms. The van der Waals surface area contributed by atoms with Gasteiger partial charge in [0.15, 0.2) is 0 Å². The van der Waals surface area contributed by atoms with Gasteiger partial charge in [0.05, 0.1) is 0 Å². The van der Waals surface area contributed by atoms with Gasteiger partial charge in [0, 0.05) is 0 Å². The van der Waals surface area contributed by atoms with Gasteiger partial charge in [-0.25, -0.2) is 0 Å². The van der Waals surface area contributed by atoms with Gasteiger partial charge in [-0.05, 0) is 0 Å². The predicted octanol–water partition coefficient (Wildman–Crippen LogP) is 0.440. The number of nitrogens with zero attached hydrogens (tertiary/aromatic N) is 1. The van der Waals surface area contributed by atoms with E-state index in [0.717, 1.165) is 5.63 Å². The van der Waals surface area contributed by atoms with Crippen LogP contribution in [0.4, 0.5) is 0 Å². The van der Waals surface area contributed by atoms with E-state index in [9.17, 15) is 0 Å². The Hall–Kier alpha value is 0.289. The molecule has 1 aromatic heterocycles. The van der Waals surface area contributed by atoms with E-state index in [2.05, 4.69) is 4.98 Å². The molecule has 0 saturated carbocycles. The maximum absolute atomic E-state index is 4.88. The van der Waals surface area contributed by atoms with Gasteiger partial charge in [-0.3, -0.25) is 0 Å². The van der Waals surface area contributed by atoms with Gasteiger partial charge in [0.25, 0.3) is 0 Å². The molecular weight excluding hydrogens is 289 g/mol. The van der Waals surface area contributed by atoms with Crippen LogP contribution in [0.25, 0.3) is 0 Å². The normalized spacial score (nSPS) is 11.1. The molecule has 0 fully saturated rings. The molecule has 0 aliphatic rings. The number of hydrogen-bond acceptors (Lipinski definition) is 2. The van der Waals surface area contributed by atoms with Crippen LogP contribution in [0.3, 0.4) is 0 Å². The third-order valence-corrected chi connectivity index (χ3v) is 2.43. The standard InChI is InChI=1S/C3H3NOP.Ir/c6-3-4-1-2-5-3;/h1-2,6H;/q-1;+1. The summed E-state index contributed by atoms with van der Waals surface area (Å²) in [5.74, 6) is 0. The van der Waals surface area contributed by atoms with Crippen molar-refractivity contribution in [1.82, 2.24) is 4.98 Å². The Morgan fingerprint density at radius 1 is 1.86 bits per heavy atom. The van der Waals surface area contributed by atoms with Crippen LogP contribution in [0.1, 0.15) is 0 Å². The molecule has 7 heavy (non-hydrogen) atoms. The molecule has 0 N–H and O–H groups in total. The van der Waals surface area contributed by atoms with E-state index < -0.39 is 0 Å². The van der Waals surface area contributed by atoms with Gasteiger partial charge in [0.1, 0.15) is 0 Å². The van der Waals surface area contributed by atoms with Gasteiger partial charge in [-0.1, -0.05) is 0 Å².